The third-order valence-corrected chi connectivity index (χ3v) is 6.58. The zero-order chi connectivity index (χ0) is 24.6. The lowest BCUT2D eigenvalue weighted by atomic mass is 10.1. The van der Waals surface area contributed by atoms with Gasteiger partial charge in [-0.15, -0.1) is 0 Å². The number of carbonyl (C=O) groups is 6. The Labute approximate surface area is 223 Å². The average molecular weight is 786 g/mol. The first kappa shape index (κ1) is 28.5. The molecule has 0 heterocycles. The van der Waals surface area contributed by atoms with Crippen LogP contribution < -0.4 is 10.6 Å². The highest BCUT2D eigenvalue weighted by molar-refractivity contribution is 14.1. The van der Waals surface area contributed by atoms with Crippen LogP contribution in [0.5, 0.6) is 0 Å². The fourth-order valence-electron chi connectivity index (χ4n) is 2.05. The van der Waals surface area contributed by atoms with Crippen LogP contribution in [0.3, 0.4) is 0 Å². The minimum Gasteiger partial charge on any atom is -0.457 e. The number of anilines is 2. The second-order valence-electron chi connectivity index (χ2n) is 5.93. The largest absolute Gasteiger partial charge is 0.457 e. The molecule has 1 rings (SSSR count). The number of ketones is 1. The van der Waals surface area contributed by atoms with Gasteiger partial charge in [-0.05, 0) is 67.8 Å². The molecule has 1 aromatic carbocycles. The minimum absolute atomic E-state index is 0.0958. The van der Waals surface area contributed by atoms with E-state index in [1.54, 1.807) is 0 Å². The van der Waals surface area contributed by atoms with E-state index >= 15 is 0 Å². The maximum absolute atomic E-state index is 12.8. The second-order valence-corrected chi connectivity index (χ2v) is 9.16. The number of ether oxygens (including phenoxy) is 3. The van der Waals surface area contributed by atoms with Crippen LogP contribution in [0, 0.1) is 10.7 Å². The molecule has 2 N–H and O–H groups in total. The summed E-state index contributed by atoms with van der Waals surface area (Å²) in [5, 5.41) is 5.11. The van der Waals surface area contributed by atoms with Crippen molar-refractivity contribution in [3.63, 3.8) is 0 Å². The molecule has 0 atom stereocenters. The number of halogens is 3. The smallest absolute Gasteiger partial charge is 0.303 e. The Morgan fingerprint density at radius 3 is 1.31 bits per heavy atom. The van der Waals surface area contributed by atoms with Crippen LogP contribution in [0.25, 0.3) is 0 Å². The molecular formula is C18H17I3N2O9. The predicted molar refractivity (Wildman–Crippen MR) is 136 cm³/mol. The average Bonchev–Trinajstić information content (AvgIpc) is 2.69. The lowest BCUT2D eigenvalue weighted by Crippen LogP contribution is -2.25. The van der Waals surface area contributed by atoms with E-state index in [1.165, 1.54) is 0 Å². The van der Waals surface area contributed by atoms with Crippen LogP contribution in [0.2, 0.25) is 0 Å². The molecule has 0 aliphatic rings. The summed E-state index contributed by atoms with van der Waals surface area (Å²) in [4.78, 5) is 70.2. The Hall–Kier alpha value is -1.57. The quantitative estimate of drug-likeness (QED) is 0.166. The molecule has 0 saturated carbocycles. The maximum Gasteiger partial charge on any atom is 0.303 e. The van der Waals surface area contributed by atoms with E-state index in [0.29, 0.717) is 10.7 Å². The van der Waals surface area contributed by atoms with E-state index in [9.17, 15) is 28.8 Å². The van der Waals surface area contributed by atoms with Crippen LogP contribution in [0.1, 0.15) is 31.1 Å². The van der Waals surface area contributed by atoms with Gasteiger partial charge in [-0.3, -0.25) is 28.8 Å². The summed E-state index contributed by atoms with van der Waals surface area (Å²) in [6, 6.07) is 0. The Bertz CT molecular complexity index is 920. The predicted octanol–water partition coefficient (Wildman–Crippen LogP) is 2.25. The van der Waals surface area contributed by atoms with Crippen LogP contribution in [0.15, 0.2) is 0 Å². The van der Waals surface area contributed by atoms with Crippen LogP contribution in [-0.4, -0.2) is 55.3 Å². The van der Waals surface area contributed by atoms with Gasteiger partial charge < -0.3 is 24.8 Å². The molecule has 0 fully saturated rings. The Kier molecular flexibility index (Phi) is 11.8. The van der Waals surface area contributed by atoms with E-state index in [0.717, 1.165) is 20.8 Å². The van der Waals surface area contributed by atoms with Crippen molar-refractivity contribution >= 4 is 115 Å². The van der Waals surface area contributed by atoms with Gasteiger partial charge >= 0.3 is 17.9 Å². The molecule has 11 nitrogen and oxygen atoms in total. The van der Waals surface area contributed by atoms with Crippen molar-refractivity contribution in [1.82, 2.24) is 0 Å². The number of hydrogen-bond acceptors (Lipinski definition) is 9. The first-order valence-corrected chi connectivity index (χ1v) is 11.8. The standard InChI is InChI=1S/C18H17I3N2O9/c1-7(24)30-4-10(27)13-14(19)17(22-11(28)5-31-8(2)25)16(21)18(15(13)20)23-12(29)6-32-9(3)26/h4-6H2,1-3H3,(H,22,28)(H,23,29). The van der Waals surface area contributed by atoms with E-state index in [-0.39, 0.29) is 16.9 Å². The van der Waals surface area contributed by atoms with Crippen molar-refractivity contribution in [2.24, 2.45) is 0 Å². The van der Waals surface area contributed by atoms with E-state index in [2.05, 4.69) is 20.1 Å². The summed E-state index contributed by atoms with van der Waals surface area (Å²) in [6.45, 7) is 1.78. The molecule has 0 radical (unpaired) electrons. The summed E-state index contributed by atoms with van der Waals surface area (Å²) in [6.07, 6.45) is 0. The van der Waals surface area contributed by atoms with Crippen LogP contribution in [0.4, 0.5) is 11.4 Å². The zero-order valence-corrected chi connectivity index (χ0v) is 23.4. The molecular weight excluding hydrogens is 769 g/mol. The topological polar surface area (TPSA) is 154 Å². The SMILES string of the molecule is CC(=O)OCC(=O)Nc1c(I)c(NC(=O)COC(C)=O)c(I)c(C(=O)COC(C)=O)c1I. The molecule has 0 bridgehead atoms. The van der Waals surface area contributed by atoms with Crippen molar-refractivity contribution in [3.8, 4) is 0 Å². The van der Waals surface area contributed by atoms with Gasteiger partial charge in [0.25, 0.3) is 11.8 Å². The van der Waals surface area contributed by atoms with Gasteiger partial charge in [-0.25, -0.2) is 0 Å². The number of rotatable bonds is 9. The highest BCUT2D eigenvalue weighted by Crippen LogP contribution is 2.39. The molecule has 0 aliphatic carbocycles. The number of nitrogens with one attached hydrogen (secondary N) is 2. The fraction of sp³-hybridized carbons (Fsp3) is 0.333. The van der Waals surface area contributed by atoms with Crippen molar-refractivity contribution in [1.29, 1.82) is 0 Å². The Morgan fingerprint density at radius 2 is 0.969 bits per heavy atom. The summed E-state index contributed by atoms with van der Waals surface area (Å²) in [5.41, 5.74) is 0.453. The maximum atomic E-state index is 12.8. The number of esters is 3. The molecule has 14 heteroatoms. The van der Waals surface area contributed by atoms with Gasteiger partial charge in [0.1, 0.15) is 0 Å². The molecule has 0 aliphatic heterocycles. The molecule has 2 amide bonds. The molecule has 174 valence electrons. The summed E-state index contributed by atoms with van der Waals surface area (Å²) >= 11 is 5.54. The van der Waals surface area contributed by atoms with Gasteiger partial charge in [-0.2, -0.15) is 0 Å². The summed E-state index contributed by atoms with van der Waals surface area (Å²) in [7, 11) is 0. The van der Waals surface area contributed by atoms with Crippen LogP contribution >= 0.6 is 67.8 Å². The number of Topliss-reactive ketones (excluding diaryl/α,β-unsaturated/α-hetero) is 1. The first-order chi connectivity index (χ1) is 14.8. The Morgan fingerprint density at radius 1 is 0.625 bits per heavy atom. The van der Waals surface area contributed by atoms with E-state index in [1.807, 2.05) is 67.8 Å². The molecule has 0 spiro atoms. The summed E-state index contributed by atoms with van der Waals surface area (Å²) in [5.74, 6) is -3.87. The number of carbonyl (C=O) groups excluding carboxylic acids is 6. The highest BCUT2D eigenvalue weighted by atomic mass is 127. The molecule has 32 heavy (non-hydrogen) atoms. The monoisotopic (exact) mass is 786 g/mol. The van der Waals surface area contributed by atoms with Crippen molar-refractivity contribution in [2.45, 2.75) is 20.8 Å². The number of benzene rings is 1. The van der Waals surface area contributed by atoms with Crippen molar-refractivity contribution in [2.75, 3.05) is 30.5 Å². The minimum atomic E-state index is -0.673. The second kappa shape index (κ2) is 13.2. The number of amides is 2. The van der Waals surface area contributed by atoms with Gasteiger partial charge in [0.2, 0.25) is 5.78 Å². The van der Waals surface area contributed by atoms with Crippen molar-refractivity contribution in [3.05, 3.63) is 16.3 Å². The normalized spacial score (nSPS) is 10.1. The molecule has 0 aromatic heterocycles. The molecule has 0 unspecified atom stereocenters. The van der Waals surface area contributed by atoms with E-state index in [4.69, 9.17) is 4.74 Å². The van der Waals surface area contributed by atoms with Crippen molar-refractivity contribution < 1.29 is 43.0 Å². The summed E-state index contributed by atoms with van der Waals surface area (Å²) < 4.78 is 15.1. The first-order valence-electron chi connectivity index (χ1n) is 8.58. The third kappa shape index (κ3) is 8.75. The van der Waals surface area contributed by atoms with Gasteiger partial charge in [0.05, 0.1) is 20.5 Å². The third-order valence-electron chi connectivity index (χ3n) is 3.34. The van der Waals surface area contributed by atoms with Crippen LogP contribution in [-0.2, 0) is 38.2 Å². The van der Waals surface area contributed by atoms with Gasteiger partial charge in [0, 0.05) is 27.9 Å². The Balaban J connectivity index is 3.44. The number of hydrogen-bond donors (Lipinski definition) is 2. The van der Waals surface area contributed by atoms with Gasteiger partial charge in [0.15, 0.2) is 19.8 Å². The zero-order valence-electron chi connectivity index (χ0n) is 16.9. The fourth-order valence-corrected chi connectivity index (χ4v) is 6.36. The molecule has 0 saturated heterocycles. The molecule has 1 aromatic rings. The highest BCUT2D eigenvalue weighted by Gasteiger charge is 2.27. The van der Waals surface area contributed by atoms with E-state index < -0.39 is 55.3 Å². The van der Waals surface area contributed by atoms with Gasteiger partial charge in [-0.1, -0.05) is 0 Å². The lowest BCUT2D eigenvalue weighted by molar-refractivity contribution is -0.145. The lowest BCUT2D eigenvalue weighted by Gasteiger charge is -2.20.